The molecule has 0 aromatic heterocycles. The lowest BCUT2D eigenvalue weighted by atomic mass is 10.1. The number of methoxy groups -OCH3 is 1. The van der Waals surface area contributed by atoms with Crippen LogP contribution in [0.1, 0.15) is 29.5 Å². The molecule has 1 aliphatic carbocycles. The van der Waals surface area contributed by atoms with Crippen molar-refractivity contribution in [3.8, 4) is 6.07 Å². The zero-order valence-electron chi connectivity index (χ0n) is 19.3. The first-order valence-corrected chi connectivity index (χ1v) is 11.8. The maximum atomic E-state index is 9.30. The summed E-state index contributed by atoms with van der Waals surface area (Å²) in [5.41, 5.74) is 5.57. The first kappa shape index (κ1) is 23.2. The van der Waals surface area contributed by atoms with Crippen molar-refractivity contribution in [2.45, 2.75) is 32.4 Å². The Hall–Kier alpha value is -3.00. The van der Waals surface area contributed by atoms with E-state index in [4.69, 9.17) is 16.3 Å². The van der Waals surface area contributed by atoms with Crippen molar-refractivity contribution in [3.63, 3.8) is 0 Å². The van der Waals surface area contributed by atoms with Crippen LogP contribution in [0, 0.1) is 18.3 Å². The van der Waals surface area contributed by atoms with E-state index in [1.165, 1.54) is 16.7 Å². The minimum absolute atomic E-state index is 0.376. The molecule has 1 aliphatic heterocycles. The van der Waals surface area contributed by atoms with Crippen LogP contribution in [-0.2, 0) is 11.3 Å². The average Bonchev–Trinajstić information content (AvgIpc) is 3.16. The summed E-state index contributed by atoms with van der Waals surface area (Å²) in [6, 6.07) is 16.9. The van der Waals surface area contributed by atoms with Gasteiger partial charge in [0.25, 0.3) is 0 Å². The number of ether oxygens (including phenoxy) is 1. The fourth-order valence-corrected chi connectivity index (χ4v) is 4.79. The monoisotopic (exact) mass is 459 g/mol. The highest BCUT2D eigenvalue weighted by Gasteiger charge is 2.29. The molecule has 1 atom stereocenters. The van der Waals surface area contributed by atoms with Crippen LogP contribution >= 0.6 is 11.6 Å². The lowest BCUT2D eigenvalue weighted by Crippen LogP contribution is -2.37. The molecule has 0 spiro atoms. The van der Waals surface area contributed by atoms with Crippen LogP contribution in [0.25, 0.3) is 0 Å². The van der Waals surface area contributed by atoms with E-state index < -0.39 is 0 Å². The molecule has 0 amide bonds. The molecule has 0 radical (unpaired) electrons. The van der Waals surface area contributed by atoms with E-state index in [0.717, 1.165) is 50.5 Å². The molecule has 1 saturated heterocycles. The molecule has 0 saturated carbocycles. The molecule has 2 aliphatic rings. The Labute approximate surface area is 202 Å². The summed E-state index contributed by atoms with van der Waals surface area (Å²) in [6.07, 6.45) is 10.5. The second-order valence-electron chi connectivity index (χ2n) is 8.71. The maximum absolute atomic E-state index is 9.30. The van der Waals surface area contributed by atoms with Crippen LogP contribution in [0.5, 0.6) is 0 Å². The van der Waals surface area contributed by atoms with Crippen LogP contribution in [0.4, 0.5) is 5.69 Å². The van der Waals surface area contributed by atoms with Crippen LogP contribution < -0.4 is 4.90 Å². The number of rotatable bonds is 7. The molecule has 5 heteroatoms. The highest BCUT2D eigenvalue weighted by molar-refractivity contribution is 6.32. The molecule has 4 nitrogen and oxygen atoms in total. The van der Waals surface area contributed by atoms with Gasteiger partial charge in [0.15, 0.2) is 0 Å². The highest BCUT2D eigenvalue weighted by atomic mass is 35.5. The van der Waals surface area contributed by atoms with Gasteiger partial charge in [-0.2, -0.15) is 5.26 Å². The van der Waals surface area contributed by atoms with Crippen LogP contribution in [0.2, 0.25) is 5.02 Å². The van der Waals surface area contributed by atoms with E-state index in [-0.39, 0.29) is 0 Å². The fraction of sp³-hybridized carbons (Fsp3) is 0.321. The van der Waals surface area contributed by atoms with Crippen molar-refractivity contribution in [1.82, 2.24) is 4.90 Å². The summed E-state index contributed by atoms with van der Waals surface area (Å²) in [6.45, 7) is 5.99. The second kappa shape index (κ2) is 10.7. The quantitative estimate of drug-likeness (QED) is 0.507. The van der Waals surface area contributed by atoms with Gasteiger partial charge in [0.1, 0.15) is 11.8 Å². The highest BCUT2D eigenvalue weighted by Crippen LogP contribution is 2.30. The fourth-order valence-electron chi connectivity index (χ4n) is 4.58. The van der Waals surface area contributed by atoms with Gasteiger partial charge in [-0.3, -0.25) is 4.90 Å². The van der Waals surface area contributed by atoms with E-state index in [0.29, 0.717) is 16.6 Å². The minimum Gasteiger partial charge on any atom is -0.497 e. The number of benzene rings is 2. The number of aryl methyl sites for hydroxylation is 1. The standard InChI is InChI=1S/C28H30ClN3O/c1-21-6-3-4-8-24(21)19-32(25-12-11-23(17-30)28(29)16-25)26-14-15-31(20-26)18-22-7-5-9-27(33-2)13-10-22/h3-6,8-13,16,26H,7,14-15,18-20H2,1-2H3. The van der Waals surface area contributed by atoms with Gasteiger partial charge in [-0.25, -0.2) is 0 Å². The molecule has 0 bridgehead atoms. The summed E-state index contributed by atoms with van der Waals surface area (Å²) in [4.78, 5) is 4.99. The van der Waals surface area contributed by atoms with Crippen molar-refractivity contribution >= 4 is 17.3 Å². The number of hydrogen-bond acceptors (Lipinski definition) is 4. The van der Waals surface area contributed by atoms with Crippen molar-refractivity contribution in [3.05, 3.63) is 99.8 Å². The largest absolute Gasteiger partial charge is 0.497 e. The van der Waals surface area contributed by atoms with E-state index in [1.807, 2.05) is 24.3 Å². The molecule has 1 heterocycles. The lowest BCUT2D eigenvalue weighted by Gasteiger charge is -2.32. The molecule has 2 aromatic carbocycles. The van der Waals surface area contributed by atoms with Crippen LogP contribution in [0.15, 0.2) is 78.1 Å². The molecular weight excluding hydrogens is 430 g/mol. The predicted molar refractivity (Wildman–Crippen MR) is 135 cm³/mol. The normalized spacial score (nSPS) is 18.3. The van der Waals surface area contributed by atoms with E-state index in [9.17, 15) is 5.26 Å². The average molecular weight is 460 g/mol. The maximum Gasteiger partial charge on any atom is 0.118 e. The zero-order valence-corrected chi connectivity index (χ0v) is 20.1. The van der Waals surface area contributed by atoms with Crippen LogP contribution in [-0.4, -0.2) is 37.7 Å². The number of likely N-dealkylation sites (tertiary alicyclic amines) is 1. The number of nitriles is 1. The predicted octanol–water partition coefficient (Wildman–Crippen LogP) is 6.02. The van der Waals surface area contributed by atoms with Crippen molar-refractivity contribution in [1.29, 1.82) is 5.26 Å². The topological polar surface area (TPSA) is 39.5 Å². The smallest absolute Gasteiger partial charge is 0.118 e. The van der Waals surface area contributed by atoms with E-state index in [2.05, 4.69) is 65.3 Å². The van der Waals surface area contributed by atoms with Gasteiger partial charge in [-0.1, -0.05) is 53.6 Å². The third-order valence-electron chi connectivity index (χ3n) is 6.50. The summed E-state index contributed by atoms with van der Waals surface area (Å²) in [5.74, 6) is 0.895. The van der Waals surface area contributed by atoms with Gasteiger partial charge in [0.05, 0.1) is 17.7 Å². The van der Waals surface area contributed by atoms with Crippen LogP contribution in [0.3, 0.4) is 0 Å². The molecule has 1 fully saturated rings. The van der Waals surface area contributed by atoms with Gasteiger partial charge < -0.3 is 9.64 Å². The number of allylic oxidation sites excluding steroid dienone is 4. The Morgan fingerprint density at radius 3 is 2.82 bits per heavy atom. The number of anilines is 1. The summed E-state index contributed by atoms with van der Waals surface area (Å²) in [7, 11) is 1.71. The molecular formula is C28H30ClN3O. The Morgan fingerprint density at radius 2 is 2.06 bits per heavy atom. The van der Waals surface area contributed by atoms with Gasteiger partial charge in [0, 0.05) is 37.9 Å². The van der Waals surface area contributed by atoms with Gasteiger partial charge in [0.2, 0.25) is 0 Å². The Morgan fingerprint density at radius 1 is 1.21 bits per heavy atom. The molecule has 1 unspecified atom stereocenters. The third-order valence-corrected chi connectivity index (χ3v) is 6.82. The summed E-state index contributed by atoms with van der Waals surface area (Å²) >= 11 is 6.42. The van der Waals surface area contributed by atoms with Gasteiger partial charge in [-0.15, -0.1) is 0 Å². The van der Waals surface area contributed by atoms with Gasteiger partial charge in [-0.05, 0) is 61.2 Å². The molecule has 4 rings (SSSR count). The molecule has 170 valence electrons. The number of nitrogens with zero attached hydrogens (tertiary/aromatic N) is 3. The minimum atomic E-state index is 0.376. The van der Waals surface area contributed by atoms with E-state index >= 15 is 0 Å². The van der Waals surface area contributed by atoms with Gasteiger partial charge >= 0.3 is 0 Å². The zero-order chi connectivity index (χ0) is 23.2. The van der Waals surface area contributed by atoms with Crippen molar-refractivity contribution in [2.75, 3.05) is 31.6 Å². The Balaban J connectivity index is 1.54. The first-order chi connectivity index (χ1) is 16.1. The third kappa shape index (κ3) is 5.68. The number of hydrogen-bond donors (Lipinski definition) is 0. The Kier molecular flexibility index (Phi) is 7.54. The first-order valence-electron chi connectivity index (χ1n) is 11.4. The molecule has 0 N–H and O–H groups in total. The van der Waals surface area contributed by atoms with Crippen molar-refractivity contribution < 1.29 is 4.74 Å². The summed E-state index contributed by atoms with van der Waals surface area (Å²) in [5, 5.41) is 9.81. The van der Waals surface area contributed by atoms with Crippen molar-refractivity contribution in [2.24, 2.45) is 0 Å². The molecule has 33 heavy (non-hydrogen) atoms. The number of halogens is 1. The second-order valence-corrected chi connectivity index (χ2v) is 9.12. The SMILES string of the molecule is COC1=CC=C(CN2CCC(N(Cc3ccccc3C)c3ccc(C#N)c(Cl)c3)C2)CC=C1. The lowest BCUT2D eigenvalue weighted by molar-refractivity contribution is 0.307. The summed E-state index contributed by atoms with van der Waals surface area (Å²) < 4.78 is 5.36. The Bertz CT molecular complexity index is 1130. The van der Waals surface area contributed by atoms with E-state index in [1.54, 1.807) is 7.11 Å². The molecule has 2 aromatic rings.